The van der Waals surface area contributed by atoms with Crippen LogP contribution in [0.2, 0.25) is 5.02 Å². The summed E-state index contributed by atoms with van der Waals surface area (Å²) in [5.74, 6) is -0.303. The highest BCUT2D eigenvalue weighted by molar-refractivity contribution is 9.10. The lowest BCUT2D eigenvalue weighted by Crippen LogP contribution is -2.19. The topological polar surface area (TPSA) is 29.1 Å². The Kier molecular flexibility index (Phi) is 4.61. The SMILES string of the molecule is CC(C(=O)Nc1cc(Br)ccc1Cl)c1ccccc1. The molecule has 0 aliphatic heterocycles. The third kappa shape index (κ3) is 3.58. The maximum absolute atomic E-state index is 12.2. The van der Waals surface area contributed by atoms with E-state index in [0.717, 1.165) is 10.0 Å². The Morgan fingerprint density at radius 3 is 2.58 bits per heavy atom. The highest BCUT2D eigenvalue weighted by Gasteiger charge is 2.16. The van der Waals surface area contributed by atoms with Gasteiger partial charge in [-0.25, -0.2) is 0 Å². The van der Waals surface area contributed by atoms with Crippen molar-refractivity contribution in [2.24, 2.45) is 0 Å². The van der Waals surface area contributed by atoms with Crippen LogP contribution in [0.4, 0.5) is 5.69 Å². The summed E-state index contributed by atoms with van der Waals surface area (Å²) in [4.78, 5) is 12.2. The highest BCUT2D eigenvalue weighted by atomic mass is 79.9. The van der Waals surface area contributed by atoms with Crippen molar-refractivity contribution < 1.29 is 4.79 Å². The van der Waals surface area contributed by atoms with Gasteiger partial charge in [-0.2, -0.15) is 0 Å². The Morgan fingerprint density at radius 1 is 1.21 bits per heavy atom. The fraction of sp³-hybridized carbons (Fsp3) is 0.133. The van der Waals surface area contributed by atoms with Gasteiger partial charge >= 0.3 is 0 Å². The predicted molar refractivity (Wildman–Crippen MR) is 82.6 cm³/mol. The van der Waals surface area contributed by atoms with Crippen LogP contribution in [0.1, 0.15) is 18.4 Å². The van der Waals surface area contributed by atoms with Crippen LogP contribution in [-0.2, 0) is 4.79 Å². The molecule has 2 rings (SSSR count). The summed E-state index contributed by atoms with van der Waals surface area (Å²) in [7, 11) is 0. The Bertz CT molecular complexity index is 586. The van der Waals surface area contributed by atoms with E-state index in [1.54, 1.807) is 12.1 Å². The van der Waals surface area contributed by atoms with Crippen LogP contribution in [0.15, 0.2) is 53.0 Å². The van der Waals surface area contributed by atoms with Gasteiger partial charge in [0.1, 0.15) is 0 Å². The molecule has 1 N–H and O–H groups in total. The van der Waals surface area contributed by atoms with E-state index in [2.05, 4.69) is 21.2 Å². The first-order valence-corrected chi connectivity index (χ1v) is 7.06. The molecule has 19 heavy (non-hydrogen) atoms. The first-order valence-electron chi connectivity index (χ1n) is 5.89. The Morgan fingerprint density at radius 2 is 1.89 bits per heavy atom. The molecule has 1 unspecified atom stereocenters. The second-order valence-corrected chi connectivity index (χ2v) is 5.57. The standard InChI is InChI=1S/C15H13BrClNO/c1-10(11-5-3-2-4-6-11)15(19)18-14-9-12(16)7-8-13(14)17/h2-10H,1H3,(H,18,19). The number of hydrogen-bond donors (Lipinski definition) is 1. The molecule has 2 aromatic rings. The maximum Gasteiger partial charge on any atom is 0.231 e. The van der Waals surface area contributed by atoms with Gasteiger partial charge in [0.15, 0.2) is 0 Å². The summed E-state index contributed by atoms with van der Waals surface area (Å²) in [6, 6.07) is 15.0. The van der Waals surface area contributed by atoms with Crippen molar-refractivity contribution in [1.29, 1.82) is 0 Å². The van der Waals surface area contributed by atoms with Crippen LogP contribution in [0.3, 0.4) is 0 Å². The van der Waals surface area contributed by atoms with Crippen LogP contribution in [-0.4, -0.2) is 5.91 Å². The summed E-state index contributed by atoms with van der Waals surface area (Å²) in [6.45, 7) is 1.87. The van der Waals surface area contributed by atoms with Gasteiger partial charge in [0.05, 0.1) is 16.6 Å². The van der Waals surface area contributed by atoms with Gasteiger partial charge in [0, 0.05) is 4.47 Å². The number of carbonyl (C=O) groups is 1. The molecule has 1 amide bonds. The Balaban J connectivity index is 2.15. The number of anilines is 1. The molecule has 0 heterocycles. The van der Waals surface area contributed by atoms with Crippen molar-refractivity contribution in [2.75, 3.05) is 5.32 Å². The van der Waals surface area contributed by atoms with E-state index < -0.39 is 0 Å². The first-order chi connectivity index (χ1) is 9.08. The third-order valence-electron chi connectivity index (χ3n) is 2.88. The summed E-state index contributed by atoms with van der Waals surface area (Å²) in [5, 5.41) is 3.37. The molecule has 0 aliphatic rings. The lowest BCUT2D eigenvalue weighted by atomic mass is 10.0. The van der Waals surface area contributed by atoms with E-state index in [-0.39, 0.29) is 11.8 Å². The number of amides is 1. The van der Waals surface area contributed by atoms with Gasteiger partial charge in [-0.15, -0.1) is 0 Å². The average Bonchev–Trinajstić information content (AvgIpc) is 2.43. The molecular formula is C15H13BrClNO. The van der Waals surface area contributed by atoms with Crippen molar-refractivity contribution in [3.63, 3.8) is 0 Å². The number of benzene rings is 2. The Hall–Kier alpha value is -1.32. The van der Waals surface area contributed by atoms with Crippen molar-refractivity contribution in [2.45, 2.75) is 12.8 Å². The van der Waals surface area contributed by atoms with Crippen LogP contribution in [0, 0.1) is 0 Å². The normalized spacial score (nSPS) is 11.9. The van der Waals surface area contributed by atoms with Crippen molar-refractivity contribution in [1.82, 2.24) is 0 Å². The average molecular weight is 339 g/mol. The number of rotatable bonds is 3. The van der Waals surface area contributed by atoms with Crippen LogP contribution in [0.5, 0.6) is 0 Å². The lowest BCUT2D eigenvalue weighted by molar-refractivity contribution is -0.117. The summed E-state index contributed by atoms with van der Waals surface area (Å²) in [6.07, 6.45) is 0. The molecule has 0 aromatic heterocycles. The van der Waals surface area contributed by atoms with Crippen molar-refractivity contribution in [3.8, 4) is 0 Å². The van der Waals surface area contributed by atoms with Gasteiger partial charge in [-0.3, -0.25) is 4.79 Å². The molecule has 0 radical (unpaired) electrons. The van der Waals surface area contributed by atoms with E-state index in [0.29, 0.717) is 10.7 Å². The summed E-state index contributed by atoms with van der Waals surface area (Å²) < 4.78 is 0.875. The molecule has 98 valence electrons. The molecule has 0 aliphatic carbocycles. The summed E-state index contributed by atoms with van der Waals surface area (Å²) in [5.41, 5.74) is 1.59. The number of nitrogens with one attached hydrogen (secondary N) is 1. The second kappa shape index (κ2) is 6.22. The zero-order chi connectivity index (χ0) is 13.8. The fourth-order valence-corrected chi connectivity index (χ4v) is 2.25. The number of halogens is 2. The molecule has 0 saturated carbocycles. The van der Waals surface area contributed by atoms with Gasteiger partial charge < -0.3 is 5.32 Å². The molecule has 4 heteroatoms. The first kappa shape index (κ1) is 14.1. The van der Waals surface area contributed by atoms with E-state index in [1.807, 2.05) is 43.3 Å². The van der Waals surface area contributed by atoms with E-state index in [9.17, 15) is 4.79 Å². The molecule has 2 nitrogen and oxygen atoms in total. The van der Waals surface area contributed by atoms with E-state index in [1.165, 1.54) is 0 Å². The minimum atomic E-state index is -0.226. The van der Waals surface area contributed by atoms with Crippen molar-refractivity contribution in [3.05, 3.63) is 63.6 Å². The zero-order valence-corrected chi connectivity index (χ0v) is 12.7. The van der Waals surface area contributed by atoms with E-state index >= 15 is 0 Å². The minimum Gasteiger partial charge on any atom is -0.324 e. The van der Waals surface area contributed by atoms with Crippen LogP contribution >= 0.6 is 27.5 Å². The Labute approximate surface area is 125 Å². The molecule has 0 fully saturated rings. The monoisotopic (exact) mass is 337 g/mol. The quantitative estimate of drug-likeness (QED) is 0.852. The molecule has 2 aromatic carbocycles. The summed E-state index contributed by atoms with van der Waals surface area (Å²) >= 11 is 9.41. The maximum atomic E-state index is 12.2. The smallest absolute Gasteiger partial charge is 0.231 e. The molecule has 0 saturated heterocycles. The highest BCUT2D eigenvalue weighted by Crippen LogP contribution is 2.27. The van der Waals surface area contributed by atoms with Crippen LogP contribution in [0.25, 0.3) is 0 Å². The van der Waals surface area contributed by atoms with Crippen LogP contribution < -0.4 is 5.32 Å². The van der Waals surface area contributed by atoms with Gasteiger partial charge in [0.2, 0.25) is 5.91 Å². The molecule has 0 bridgehead atoms. The third-order valence-corrected chi connectivity index (χ3v) is 3.70. The van der Waals surface area contributed by atoms with Gasteiger partial charge in [0.25, 0.3) is 0 Å². The molecular weight excluding hydrogens is 326 g/mol. The van der Waals surface area contributed by atoms with Crippen molar-refractivity contribution >= 4 is 39.1 Å². The fourth-order valence-electron chi connectivity index (χ4n) is 1.73. The number of hydrogen-bond acceptors (Lipinski definition) is 1. The predicted octanol–water partition coefficient (Wildman–Crippen LogP) is 4.84. The molecule has 0 spiro atoms. The largest absolute Gasteiger partial charge is 0.324 e. The lowest BCUT2D eigenvalue weighted by Gasteiger charge is -2.13. The van der Waals surface area contributed by atoms with Gasteiger partial charge in [-0.05, 0) is 30.7 Å². The zero-order valence-electron chi connectivity index (χ0n) is 10.4. The van der Waals surface area contributed by atoms with E-state index in [4.69, 9.17) is 11.6 Å². The molecule has 1 atom stereocenters. The second-order valence-electron chi connectivity index (χ2n) is 4.25. The number of carbonyl (C=O) groups excluding carboxylic acids is 1. The minimum absolute atomic E-state index is 0.0776. The van der Waals surface area contributed by atoms with Gasteiger partial charge in [-0.1, -0.05) is 57.9 Å².